The highest BCUT2D eigenvalue weighted by molar-refractivity contribution is 4.88. The van der Waals surface area contributed by atoms with Gasteiger partial charge in [0.15, 0.2) is 0 Å². The summed E-state index contributed by atoms with van der Waals surface area (Å²) in [5.41, 5.74) is 0. The first kappa shape index (κ1) is 16.3. The van der Waals surface area contributed by atoms with Gasteiger partial charge in [0.1, 0.15) is 0 Å². The fourth-order valence-corrected chi connectivity index (χ4v) is 3.58. The number of hydrogen-bond donors (Lipinski definition) is 2. The fraction of sp³-hybridized carbons (Fsp3) is 1.00. The van der Waals surface area contributed by atoms with E-state index in [1.807, 2.05) is 0 Å². The van der Waals surface area contributed by atoms with Crippen molar-refractivity contribution in [3.8, 4) is 0 Å². The van der Waals surface area contributed by atoms with E-state index in [1.165, 1.54) is 32.4 Å². The largest absolute Gasteiger partial charge is 0.393 e. The van der Waals surface area contributed by atoms with Crippen LogP contribution < -0.4 is 5.32 Å². The minimum absolute atomic E-state index is 0.123. The SMILES string of the molecule is CCC(O)C1CC(NCC(C)C)CN(CC2CCC2)C1. The molecule has 2 aliphatic rings. The van der Waals surface area contributed by atoms with E-state index in [0.717, 1.165) is 31.8 Å². The van der Waals surface area contributed by atoms with Crippen molar-refractivity contribution in [2.24, 2.45) is 17.8 Å². The van der Waals surface area contributed by atoms with Crippen LogP contribution in [0.5, 0.6) is 0 Å². The molecule has 3 atom stereocenters. The second-order valence-corrected chi connectivity index (χ2v) is 7.49. The molecule has 1 aliphatic heterocycles. The summed E-state index contributed by atoms with van der Waals surface area (Å²) in [5.74, 6) is 2.09. The molecule has 2 fully saturated rings. The molecule has 0 aromatic heterocycles. The van der Waals surface area contributed by atoms with Crippen molar-refractivity contribution in [1.82, 2.24) is 10.2 Å². The zero-order valence-electron chi connectivity index (χ0n) is 13.6. The molecular weight excluding hydrogens is 248 g/mol. The van der Waals surface area contributed by atoms with Crippen molar-refractivity contribution in [1.29, 1.82) is 0 Å². The van der Waals surface area contributed by atoms with Crippen molar-refractivity contribution in [2.75, 3.05) is 26.2 Å². The lowest BCUT2D eigenvalue weighted by atomic mass is 9.83. The first-order valence-corrected chi connectivity index (χ1v) is 8.72. The van der Waals surface area contributed by atoms with Gasteiger partial charge >= 0.3 is 0 Å². The highest BCUT2D eigenvalue weighted by atomic mass is 16.3. The minimum atomic E-state index is -0.123. The molecule has 20 heavy (non-hydrogen) atoms. The van der Waals surface area contributed by atoms with E-state index >= 15 is 0 Å². The Bertz CT molecular complexity index is 278. The van der Waals surface area contributed by atoms with Crippen LogP contribution in [0, 0.1) is 17.8 Å². The topological polar surface area (TPSA) is 35.5 Å². The van der Waals surface area contributed by atoms with Crippen molar-refractivity contribution in [3.63, 3.8) is 0 Å². The van der Waals surface area contributed by atoms with Crippen LogP contribution in [0.25, 0.3) is 0 Å². The summed E-state index contributed by atoms with van der Waals surface area (Å²) in [6, 6.07) is 0.567. The molecule has 1 aliphatic carbocycles. The maximum Gasteiger partial charge on any atom is 0.0578 e. The first-order valence-electron chi connectivity index (χ1n) is 8.72. The maximum atomic E-state index is 10.2. The second-order valence-electron chi connectivity index (χ2n) is 7.49. The molecule has 1 saturated heterocycles. The number of aliphatic hydroxyl groups excluding tert-OH is 1. The summed E-state index contributed by atoms with van der Waals surface area (Å²) in [6.45, 7) is 11.3. The van der Waals surface area contributed by atoms with Crippen LogP contribution in [-0.2, 0) is 0 Å². The summed E-state index contributed by atoms with van der Waals surface area (Å²) in [7, 11) is 0. The molecular formula is C17H34N2O. The van der Waals surface area contributed by atoms with E-state index in [4.69, 9.17) is 0 Å². The van der Waals surface area contributed by atoms with Gasteiger partial charge in [-0.2, -0.15) is 0 Å². The molecule has 1 heterocycles. The van der Waals surface area contributed by atoms with Gasteiger partial charge in [0.25, 0.3) is 0 Å². The Labute approximate surface area is 125 Å². The van der Waals surface area contributed by atoms with E-state index in [9.17, 15) is 5.11 Å². The summed E-state index contributed by atoms with van der Waals surface area (Å²) in [4.78, 5) is 2.62. The van der Waals surface area contributed by atoms with Crippen LogP contribution >= 0.6 is 0 Å². The molecule has 3 heteroatoms. The number of hydrogen-bond acceptors (Lipinski definition) is 3. The quantitative estimate of drug-likeness (QED) is 0.753. The summed E-state index contributed by atoms with van der Waals surface area (Å²) < 4.78 is 0. The molecule has 0 aromatic rings. The number of rotatable bonds is 7. The minimum Gasteiger partial charge on any atom is -0.393 e. The lowest BCUT2D eigenvalue weighted by molar-refractivity contribution is 0.0244. The van der Waals surface area contributed by atoms with Gasteiger partial charge in [-0.3, -0.25) is 0 Å². The van der Waals surface area contributed by atoms with E-state index < -0.39 is 0 Å². The van der Waals surface area contributed by atoms with Crippen LogP contribution in [0.4, 0.5) is 0 Å². The number of piperidine rings is 1. The van der Waals surface area contributed by atoms with Crippen LogP contribution in [0.3, 0.4) is 0 Å². The zero-order chi connectivity index (χ0) is 14.5. The van der Waals surface area contributed by atoms with E-state index in [2.05, 4.69) is 31.0 Å². The zero-order valence-corrected chi connectivity index (χ0v) is 13.6. The third kappa shape index (κ3) is 4.71. The lowest BCUT2D eigenvalue weighted by Crippen LogP contribution is -2.53. The van der Waals surface area contributed by atoms with E-state index in [0.29, 0.717) is 17.9 Å². The molecule has 0 spiro atoms. The highest BCUT2D eigenvalue weighted by Crippen LogP contribution is 2.29. The van der Waals surface area contributed by atoms with Crippen LogP contribution in [0.15, 0.2) is 0 Å². The van der Waals surface area contributed by atoms with Gasteiger partial charge in [-0.25, -0.2) is 0 Å². The highest BCUT2D eigenvalue weighted by Gasteiger charge is 2.32. The smallest absolute Gasteiger partial charge is 0.0578 e. The molecule has 0 aromatic carbocycles. The standard InChI is InChI=1S/C17H34N2O/c1-4-17(20)15-8-16(18-9-13(2)3)12-19(11-15)10-14-6-5-7-14/h13-18,20H,4-12H2,1-3H3. The van der Waals surface area contributed by atoms with Gasteiger partial charge in [-0.15, -0.1) is 0 Å². The molecule has 0 bridgehead atoms. The van der Waals surface area contributed by atoms with E-state index in [-0.39, 0.29) is 6.10 Å². The monoisotopic (exact) mass is 282 g/mol. The van der Waals surface area contributed by atoms with Crippen molar-refractivity contribution in [3.05, 3.63) is 0 Å². The number of aliphatic hydroxyl groups is 1. The Morgan fingerprint density at radius 1 is 1.25 bits per heavy atom. The van der Waals surface area contributed by atoms with Crippen molar-refractivity contribution >= 4 is 0 Å². The third-order valence-electron chi connectivity index (χ3n) is 5.08. The molecule has 0 amide bonds. The number of likely N-dealkylation sites (tertiary alicyclic amines) is 1. The fourth-order valence-electron chi connectivity index (χ4n) is 3.58. The van der Waals surface area contributed by atoms with Gasteiger partial charge in [-0.1, -0.05) is 27.2 Å². The maximum absolute atomic E-state index is 10.2. The Kier molecular flexibility index (Phi) is 6.31. The second kappa shape index (κ2) is 7.77. The summed E-state index contributed by atoms with van der Waals surface area (Å²) in [5, 5.41) is 14.0. The normalized spacial score (nSPS) is 30.4. The lowest BCUT2D eigenvalue weighted by Gasteiger charge is -2.42. The van der Waals surface area contributed by atoms with Gasteiger partial charge in [0.05, 0.1) is 6.10 Å². The first-order chi connectivity index (χ1) is 9.58. The Morgan fingerprint density at radius 3 is 2.55 bits per heavy atom. The van der Waals surface area contributed by atoms with Gasteiger partial charge < -0.3 is 15.3 Å². The Morgan fingerprint density at radius 2 is 2.00 bits per heavy atom. The van der Waals surface area contributed by atoms with Crippen molar-refractivity contribution < 1.29 is 5.11 Å². The predicted molar refractivity (Wildman–Crippen MR) is 84.8 cm³/mol. The molecule has 118 valence electrons. The molecule has 2 N–H and O–H groups in total. The number of nitrogens with one attached hydrogen (secondary N) is 1. The Hall–Kier alpha value is -0.120. The number of nitrogens with zero attached hydrogens (tertiary/aromatic N) is 1. The Balaban J connectivity index is 1.86. The van der Waals surface area contributed by atoms with Crippen LogP contribution in [-0.4, -0.2) is 48.3 Å². The third-order valence-corrected chi connectivity index (χ3v) is 5.08. The van der Waals surface area contributed by atoms with Gasteiger partial charge in [0, 0.05) is 25.7 Å². The molecule has 3 unspecified atom stereocenters. The van der Waals surface area contributed by atoms with Gasteiger partial charge in [0.2, 0.25) is 0 Å². The molecule has 3 nitrogen and oxygen atoms in total. The molecule has 1 saturated carbocycles. The van der Waals surface area contributed by atoms with Crippen LogP contribution in [0.1, 0.15) is 52.9 Å². The summed E-state index contributed by atoms with van der Waals surface area (Å²) in [6.07, 6.45) is 6.17. The average molecular weight is 282 g/mol. The average Bonchev–Trinajstić information content (AvgIpc) is 2.39. The predicted octanol–water partition coefficient (Wildman–Crippen LogP) is 2.49. The van der Waals surface area contributed by atoms with Crippen LogP contribution in [0.2, 0.25) is 0 Å². The van der Waals surface area contributed by atoms with E-state index in [1.54, 1.807) is 0 Å². The summed E-state index contributed by atoms with van der Waals surface area (Å²) >= 11 is 0. The van der Waals surface area contributed by atoms with Crippen molar-refractivity contribution in [2.45, 2.75) is 65.0 Å². The molecule has 2 rings (SSSR count). The molecule has 0 radical (unpaired) electrons. The van der Waals surface area contributed by atoms with Gasteiger partial charge in [-0.05, 0) is 50.0 Å².